The Morgan fingerprint density at radius 1 is 1.24 bits per heavy atom. The lowest BCUT2D eigenvalue weighted by molar-refractivity contribution is 0.0642. The first-order chi connectivity index (χ1) is 12.3. The lowest BCUT2D eigenvalue weighted by Gasteiger charge is -2.21. The first-order valence-electron chi connectivity index (χ1n) is 8.56. The summed E-state index contributed by atoms with van der Waals surface area (Å²) < 4.78 is 5.36. The molecule has 1 saturated heterocycles. The molecule has 0 aliphatic carbocycles. The topological polar surface area (TPSA) is 79.9 Å². The van der Waals surface area contributed by atoms with Gasteiger partial charge in [0.1, 0.15) is 0 Å². The lowest BCUT2D eigenvalue weighted by atomic mass is 10.0. The standard InChI is InChI=1S/C19H20N4O2/c24-19(21-11-13-5-8-25-9-6-13)18-16-10-14(3-4-17(16)22-23-18)15-2-1-7-20-12-15/h1-4,7,10,12-13H,5-6,8-9,11H2,(H,21,24)(H,22,23). The normalized spacial score (nSPS) is 15.4. The first kappa shape index (κ1) is 15.8. The number of nitrogens with zero attached hydrogens (tertiary/aromatic N) is 2. The molecule has 1 aliphatic rings. The second-order valence-corrected chi connectivity index (χ2v) is 6.34. The molecular weight excluding hydrogens is 316 g/mol. The number of H-pyrrole nitrogens is 1. The van der Waals surface area contributed by atoms with E-state index in [1.165, 1.54) is 0 Å². The van der Waals surface area contributed by atoms with E-state index in [9.17, 15) is 4.79 Å². The molecule has 2 aromatic heterocycles. The van der Waals surface area contributed by atoms with Crippen molar-refractivity contribution in [3.8, 4) is 11.1 Å². The van der Waals surface area contributed by atoms with Gasteiger partial charge < -0.3 is 10.1 Å². The van der Waals surface area contributed by atoms with Crippen molar-refractivity contribution in [1.29, 1.82) is 0 Å². The third-order valence-electron chi connectivity index (χ3n) is 4.66. The monoisotopic (exact) mass is 336 g/mol. The van der Waals surface area contributed by atoms with Crippen LogP contribution in [0.3, 0.4) is 0 Å². The highest BCUT2D eigenvalue weighted by atomic mass is 16.5. The van der Waals surface area contributed by atoms with Crippen LogP contribution in [0.4, 0.5) is 0 Å². The number of benzene rings is 1. The molecule has 1 aromatic carbocycles. The van der Waals surface area contributed by atoms with Crippen molar-refractivity contribution in [2.45, 2.75) is 12.8 Å². The van der Waals surface area contributed by atoms with Gasteiger partial charge in [0.05, 0.1) is 5.52 Å². The molecule has 0 spiro atoms. The molecule has 0 unspecified atom stereocenters. The number of pyridine rings is 1. The van der Waals surface area contributed by atoms with Crippen LogP contribution in [0.5, 0.6) is 0 Å². The van der Waals surface area contributed by atoms with Crippen LogP contribution in [0, 0.1) is 5.92 Å². The Hall–Kier alpha value is -2.73. The van der Waals surface area contributed by atoms with Crippen LogP contribution >= 0.6 is 0 Å². The highest BCUT2D eigenvalue weighted by Crippen LogP contribution is 2.25. The molecule has 25 heavy (non-hydrogen) atoms. The maximum absolute atomic E-state index is 12.6. The van der Waals surface area contributed by atoms with Gasteiger partial charge >= 0.3 is 0 Å². The molecule has 0 bridgehead atoms. The SMILES string of the molecule is O=C(NCC1CCOCC1)c1n[nH]c2ccc(-c3cccnc3)cc12. The molecule has 1 amide bonds. The second-order valence-electron chi connectivity index (χ2n) is 6.34. The fourth-order valence-electron chi connectivity index (χ4n) is 3.17. The molecule has 3 heterocycles. The van der Waals surface area contributed by atoms with Crippen molar-refractivity contribution in [2.75, 3.05) is 19.8 Å². The van der Waals surface area contributed by atoms with Crippen LogP contribution < -0.4 is 5.32 Å². The first-order valence-corrected chi connectivity index (χ1v) is 8.56. The van der Waals surface area contributed by atoms with Gasteiger partial charge in [-0.3, -0.25) is 14.9 Å². The van der Waals surface area contributed by atoms with E-state index in [4.69, 9.17) is 4.74 Å². The predicted molar refractivity (Wildman–Crippen MR) is 95.2 cm³/mol. The number of hydrogen-bond donors (Lipinski definition) is 2. The Morgan fingerprint density at radius 3 is 2.92 bits per heavy atom. The minimum absolute atomic E-state index is 0.138. The Bertz CT molecular complexity index is 870. The van der Waals surface area contributed by atoms with Crippen LogP contribution in [0.1, 0.15) is 23.3 Å². The zero-order valence-electron chi connectivity index (χ0n) is 13.9. The smallest absolute Gasteiger partial charge is 0.272 e. The van der Waals surface area contributed by atoms with E-state index in [-0.39, 0.29) is 5.91 Å². The second kappa shape index (κ2) is 7.03. The molecule has 4 rings (SSSR count). The molecule has 0 radical (unpaired) electrons. The van der Waals surface area contributed by atoms with Gasteiger partial charge in [-0.15, -0.1) is 0 Å². The van der Waals surface area contributed by atoms with Crippen molar-refractivity contribution >= 4 is 16.8 Å². The third-order valence-corrected chi connectivity index (χ3v) is 4.66. The Morgan fingerprint density at radius 2 is 2.12 bits per heavy atom. The van der Waals surface area contributed by atoms with E-state index < -0.39 is 0 Å². The molecule has 1 fully saturated rings. The summed E-state index contributed by atoms with van der Waals surface area (Å²) in [5.74, 6) is 0.343. The van der Waals surface area contributed by atoms with Gasteiger partial charge in [-0.25, -0.2) is 0 Å². The van der Waals surface area contributed by atoms with E-state index in [0.29, 0.717) is 18.2 Å². The summed E-state index contributed by atoms with van der Waals surface area (Å²) in [6.07, 6.45) is 5.54. The molecule has 0 atom stereocenters. The van der Waals surface area contributed by atoms with Crippen molar-refractivity contribution < 1.29 is 9.53 Å². The van der Waals surface area contributed by atoms with Crippen LogP contribution in [0.15, 0.2) is 42.7 Å². The Kier molecular flexibility index (Phi) is 4.43. The van der Waals surface area contributed by atoms with Gasteiger partial charge in [0.25, 0.3) is 5.91 Å². The number of aromatic amines is 1. The van der Waals surface area contributed by atoms with Crippen LogP contribution in [-0.4, -0.2) is 40.8 Å². The number of fused-ring (bicyclic) bond motifs is 1. The maximum atomic E-state index is 12.6. The van der Waals surface area contributed by atoms with E-state index in [1.54, 1.807) is 6.20 Å². The third kappa shape index (κ3) is 3.39. The van der Waals surface area contributed by atoms with Crippen molar-refractivity contribution in [2.24, 2.45) is 5.92 Å². The van der Waals surface area contributed by atoms with Gasteiger partial charge in [0.2, 0.25) is 0 Å². The number of ether oxygens (including phenoxy) is 1. The largest absolute Gasteiger partial charge is 0.381 e. The molecule has 1 aliphatic heterocycles. The number of amides is 1. The number of nitrogens with one attached hydrogen (secondary N) is 2. The summed E-state index contributed by atoms with van der Waals surface area (Å²) >= 11 is 0. The Balaban J connectivity index is 1.55. The predicted octanol–water partition coefficient (Wildman–Crippen LogP) is 2.78. The number of carbonyl (C=O) groups is 1. The molecule has 2 N–H and O–H groups in total. The summed E-state index contributed by atoms with van der Waals surface area (Å²) in [6, 6.07) is 9.83. The summed E-state index contributed by atoms with van der Waals surface area (Å²) in [5.41, 5.74) is 3.32. The average molecular weight is 336 g/mol. The fourth-order valence-corrected chi connectivity index (χ4v) is 3.17. The quantitative estimate of drug-likeness (QED) is 0.768. The van der Waals surface area contributed by atoms with E-state index in [2.05, 4.69) is 20.5 Å². The molecule has 6 nitrogen and oxygen atoms in total. The highest BCUT2D eigenvalue weighted by molar-refractivity contribution is 6.05. The summed E-state index contributed by atoms with van der Waals surface area (Å²) in [7, 11) is 0. The minimum atomic E-state index is -0.138. The molecule has 0 saturated carbocycles. The van der Waals surface area contributed by atoms with E-state index in [0.717, 1.165) is 48.1 Å². The van der Waals surface area contributed by atoms with Crippen LogP contribution in [0.2, 0.25) is 0 Å². The molecular formula is C19H20N4O2. The van der Waals surface area contributed by atoms with Crippen LogP contribution in [0.25, 0.3) is 22.0 Å². The highest BCUT2D eigenvalue weighted by Gasteiger charge is 2.18. The van der Waals surface area contributed by atoms with Gasteiger partial charge in [-0.05, 0) is 42.5 Å². The van der Waals surface area contributed by atoms with Crippen molar-refractivity contribution in [1.82, 2.24) is 20.5 Å². The number of hydrogen-bond acceptors (Lipinski definition) is 4. The van der Waals surface area contributed by atoms with Crippen molar-refractivity contribution in [3.63, 3.8) is 0 Å². The number of aromatic nitrogens is 3. The minimum Gasteiger partial charge on any atom is -0.381 e. The molecule has 3 aromatic rings. The molecule has 128 valence electrons. The zero-order chi connectivity index (χ0) is 17.1. The summed E-state index contributed by atoms with van der Waals surface area (Å²) in [4.78, 5) is 16.7. The van der Waals surface area contributed by atoms with Gasteiger partial charge in [0.15, 0.2) is 5.69 Å². The van der Waals surface area contributed by atoms with Gasteiger partial charge in [0, 0.05) is 43.1 Å². The number of carbonyl (C=O) groups excluding carboxylic acids is 1. The molecule has 6 heteroatoms. The average Bonchev–Trinajstić information content (AvgIpc) is 3.11. The van der Waals surface area contributed by atoms with Gasteiger partial charge in [-0.2, -0.15) is 5.10 Å². The van der Waals surface area contributed by atoms with E-state index in [1.807, 2.05) is 36.5 Å². The van der Waals surface area contributed by atoms with Gasteiger partial charge in [-0.1, -0.05) is 12.1 Å². The fraction of sp³-hybridized carbons (Fsp3) is 0.316. The Labute approximate surface area is 145 Å². The van der Waals surface area contributed by atoms with E-state index >= 15 is 0 Å². The maximum Gasteiger partial charge on any atom is 0.272 e. The number of rotatable bonds is 4. The van der Waals surface area contributed by atoms with Crippen molar-refractivity contribution in [3.05, 3.63) is 48.4 Å². The summed E-state index contributed by atoms with van der Waals surface area (Å²) in [5, 5.41) is 11.0. The summed E-state index contributed by atoms with van der Waals surface area (Å²) in [6.45, 7) is 2.22. The zero-order valence-corrected chi connectivity index (χ0v) is 13.9. The lowest BCUT2D eigenvalue weighted by Crippen LogP contribution is -2.32. The van der Waals surface area contributed by atoms with Crippen LogP contribution in [-0.2, 0) is 4.74 Å².